The lowest BCUT2D eigenvalue weighted by molar-refractivity contribution is -0.139. The van der Waals surface area contributed by atoms with Gasteiger partial charge in [-0.15, -0.1) is 11.3 Å². The van der Waals surface area contributed by atoms with Crippen LogP contribution in [0.4, 0.5) is 5.13 Å². The number of nitrogens with two attached hydrogens (primary N) is 1. The Bertz CT molecular complexity index is 890. The summed E-state index contributed by atoms with van der Waals surface area (Å²) in [6.07, 6.45) is 1.41. The SMILES string of the molecule is COc1cccc(-c2csc(N[C@H](C(=O)N3CCC[C@H]3C(N)=O)C(C)(C)C)n2)c1. The molecule has 29 heavy (non-hydrogen) atoms. The van der Waals surface area contributed by atoms with Gasteiger partial charge in [0.25, 0.3) is 0 Å². The minimum atomic E-state index is -0.530. The van der Waals surface area contributed by atoms with Crippen LogP contribution in [0, 0.1) is 5.41 Å². The van der Waals surface area contributed by atoms with E-state index in [-0.39, 0.29) is 11.3 Å². The van der Waals surface area contributed by atoms with Gasteiger partial charge in [-0.3, -0.25) is 9.59 Å². The van der Waals surface area contributed by atoms with Crippen LogP contribution in [0.25, 0.3) is 11.3 Å². The Hall–Kier alpha value is -2.61. The van der Waals surface area contributed by atoms with Gasteiger partial charge in [0.05, 0.1) is 12.8 Å². The Morgan fingerprint density at radius 1 is 1.38 bits per heavy atom. The number of methoxy groups -OCH3 is 1. The molecule has 0 unspecified atom stereocenters. The lowest BCUT2D eigenvalue weighted by atomic mass is 9.85. The molecule has 7 nitrogen and oxygen atoms in total. The van der Waals surface area contributed by atoms with Gasteiger partial charge in [-0.1, -0.05) is 32.9 Å². The minimum Gasteiger partial charge on any atom is -0.497 e. The topological polar surface area (TPSA) is 97.5 Å². The van der Waals surface area contributed by atoms with Crippen molar-refractivity contribution in [1.29, 1.82) is 0 Å². The van der Waals surface area contributed by atoms with Crippen molar-refractivity contribution in [3.63, 3.8) is 0 Å². The molecular formula is C21H28N4O3S. The number of aromatic nitrogens is 1. The molecule has 2 aromatic rings. The van der Waals surface area contributed by atoms with Crippen molar-refractivity contribution in [2.45, 2.75) is 45.7 Å². The van der Waals surface area contributed by atoms with Crippen molar-refractivity contribution in [3.8, 4) is 17.0 Å². The first-order valence-electron chi connectivity index (χ1n) is 9.67. The Balaban J connectivity index is 1.82. The number of nitrogens with one attached hydrogen (secondary N) is 1. The fraction of sp³-hybridized carbons (Fsp3) is 0.476. The van der Waals surface area contributed by atoms with Gasteiger partial charge < -0.3 is 20.7 Å². The van der Waals surface area contributed by atoms with Gasteiger partial charge in [0.2, 0.25) is 11.8 Å². The molecule has 3 N–H and O–H groups in total. The summed E-state index contributed by atoms with van der Waals surface area (Å²) in [4.78, 5) is 31.3. The zero-order chi connectivity index (χ0) is 21.2. The molecule has 2 amide bonds. The van der Waals surface area contributed by atoms with Crippen LogP contribution in [-0.2, 0) is 9.59 Å². The van der Waals surface area contributed by atoms with Crippen LogP contribution in [-0.4, -0.2) is 47.4 Å². The van der Waals surface area contributed by atoms with Crippen LogP contribution in [0.3, 0.4) is 0 Å². The van der Waals surface area contributed by atoms with Gasteiger partial charge in [-0.2, -0.15) is 0 Å². The highest BCUT2D eigenvalue weighted by Crippen LogP contribution is 2.32. The predicted octanol–water partition coefficient (Wildman–Crippen LogP) is 3.12. The molecule has 2 atom stereocenters. The summed E-state index contributed by atoms with van der Waals surface area (Å²) in [5.74, 6) is 0.203. The van der Waals surface area contributed by atoms with Gasteiger partial charge in [-0.25, -0.2) is 4.98 Å². The second-order valence-corrected chi connectivity index (χ2v) is 9.16. The van der Waals surface area contributed by atoms with Crippen LogP contribution >= 0.6 is 11.3 Å². The van der Waals surface area contributed by atoms with E-state index >= 15 is 0 Å². The predicted molar refractivity (Wildman–Crippen MR) is 115 cm³/mol. The summed E-state index contributed by atoms with van der Waals surface area (Å²) >= 11 is 1.44. The van der Waals surface area contributed by atoms with E-state index in [9.17, 15) is 9.59 Å². The summed E-state index contributed by atoms with van der Waals surface area (Å²) in [5.41, 5.74) is 6.89. The van der Waals surface area contributed by atoms with E-state index in [1.165, 1.54) is 11.3 Å². The highest BCUT2D eigenvalue weighted by atomic mass is 32.1. The van der Waals surface area contributed by atoms with Crippen molar-refractivity contribution >= 4 is 28.3 Å². The number of carbonyl (C=O) groups is 2. The van der Waals surface area contributed by atoms with Gasteiger partial charge in [0.15, 0.2) is 5.13 Å². The molecule has 8 heteroatoms. The second-order valence-electron chi connectivity index (χ2n) is 8.31. The van der Waals surface area contributed by atoms with E-state index in [1.807, 2.05) is 50.4 Å². The van der Waals surface area contributed by atoms with Crippen molar-refractivity contribution in [2.24, 2.45) is 11.1 Å². The fourth-order valence-electron chi connectivity index (χ4n) is 3.52. The van der Waals surface area contributed by atoms with E-state index < -0.39 is 18.0 Å². The third kappa shape index (κ3) is 4.70. The number of ether oxygens (including phenoxy) is 1. The van der Waals surface area contributed by atoms with Gasteiger partial charge in [0, 0.05) is 17.5 Å². The van der Waals surface area contributed by atoms with Crippen LogP contribution in [0.1, 0.15) is 33.6 Å². The number of carbonyl (C=O) groups excluding carboxylic acids is 2. The quantitative estimate of drug-likeness (QED) is 0.754. The summed E-state index contributed by atoms with van der Waals surface area (Å²) in [6, 6.07) is 6.64. The maximum Gasteiger partial charge on any atom is 0.246 e. The molecular weight excluding hydrogens is 388 g/mol. The minimum absolute atomic E-state index is 0.114. The molecule has 0 bridgehead atoms. The number of nitrogens with zero attached hydrogens (tertiary/aromatic N) is 2. The molecule has 0 saturated carbocycles. The van der Waals surface area contributed by atoms with Crippen molar-refractivity contribution in [3.05, 3.63) is 29.6 Å². The first-order chi connectivity index (χ1) is 13.7. The molecule has 156 valence electrons. The molecule has 2 heterocycles. The molecule has 1 aliphatic rings. The van der Waals surface area contributed by atoms with Crippen molar-refractivity contribution < 1.29 is 14.3 Å². The number of hydrogen-bond donors (Lipinski definition) is 2. The Morgan fingerprint density at radius 3 is 2.79 bits per heavy atom. The van der Waals surface area contributed by atoms with Gasteiger partial charge in [-0.05, 0) is 30.4 Å². The van der Waals surface area contributed by atoms with Crippen molar-refractivity contribution in [2.75, 3.05) is 19.0 Å². The number of amides is 2. The fourth-order valence-corrected chi connectivity index (χ4v) is 4.27. The van der Waals surface area contributed by atoms with Crippen molar-refractivity contribution in [1.82, 2.24) is 9.88 Å². The van der Waals surface area contributed by atoms with E-state index in [0.717, 1.165) is 23.4 Å². The highest BCUT2D eigenvalue weighted by Gasteiger charge is 2.40. The zero-order valence-electron chi connectivity index (χ0n) is 17.3. The molecule has 0 aliphatic carbocycles. The Morgan fingerprint density at radius 2 is 2.14 bits per heavy atom. The number of benzene rings is 1. The molecule has 1 aliphatic heterocycles. The molecule has 1 saturated heterocycles. The van der Waals surface area contributed by atoms with Gasteiger partial charge >= 0.3 is 0 Å². The lowest BCUT2D eigenvalue weighted by Gasteiger charge is -2.35. The maximum atomic E-state index is 13.3. The Labute approximate surface area is 175 Å². The zero-order valence-corrected chi connectivity index (χ0v) is 18.1. The number of primary amides is 1. The molecule has 0 spiro atoms. The normalized spacial score (nSPS) is 17.8. The maximum absolute atomic E-state index is 13.3. The smallest absolute Gasteiger partial charge is 0.246 e. The lowest BCUT2D eigenvalue weighted by Crippen LogP contribution is -2.53. The molecule has 1 aromatic heterocycles. The van der Waals surface area contributed by atoms with Crippen LogP contribution in [0.5, 0.6) is 5.75 Å². The number of hydrogen-bond acceptors (Lipinski definition) is 6. The third-order valence-electron chi connectivity index (χ3n) is 5.11. The van der Waals surface area contributed by atoms with Crippen LogP contribution < -0.4 is 15.8 Å². The van der Waals surface area contributed by atoms with E-state index in [4.69, 9.17) is 10.5 Å². The standard InChI is InChI=1S/C21H28N4O3S/c1-21(2,3)17(19(27)25-10-6-9-16(25)18(22)26)24-20-23-15(12-29-20)13-7-5-8-14(11-13)28-4/h5,7-8,11-12,16-17H,6,9-10H2,1-4H3,(H2,22,26)(H,23,24)/t16-,17+/m0/s1. The van der Waals surface area contributed by atoms with E-state index in [1.54, 1.807) is 12.0 Å². The van der Waals surface area contributed by atoms with E-state index in [0.29, 0.717) is 18.1 Å². The highest BCUT2D eigenvalue weighted by molar-refractivity contribution is 7.14. The van der Waals surface area contributed by atoms with Gasteiger partial charge in [0.1, 0.15) is 17.8 Å². The molecule has 0 radical (unpaired) electrons. The second kappa shape index (κ2) is 8.41. The van der Waals surface area contributed by atoms with Crippen LogP contribution in [0.2, 0.25) is 0 Å². The van der Waals surface area contributed by atoms with Crippen LogP contribution in [0.15, 0.2) is 29.6 Å². The third-order valence-corrected chi connectivity index (χ3v) is 5.89. The Kier molecular flexibility index (Phi) is 6.12. The largest absolute Gasteiger partial charge is 0.497 e. The molecule has 1 fully saturated rings. The first-order valence-corrected chi connectivity index (χ1v) is 10.5. The molecule has 3 rings (SSSR count). The summed E-state index contributed by atoms with van der Waals surface area (Å²) in [7, 11) is 1.63. The number of thiazole rings is 1. The summed E-state index contributed by atoms with van der Waals surface area (Å²) in [5, 5.41) is 5.91. The number of anilines is 1. The monoisotopic (exact) mass is 416 g/mol. The number of likely N-dealkylation sites (tertiary alicyclic amines) is 1. The average molecular weight is 417 g/mol. The summed E-state index contributed by atoms with van der Waals surface area (Å²) in [6.45, 7) is 6.53. The van der Waals surface area contributed by atoms with E-state index in [2.05, 4.69) is 10.3 Å². The average Bonchev–Trinajstić information content (AvgIpc) is 3.34. The number of rotatable bonds is 6. The molecule has 1 aromatic carbocycles. The first kappa shape index (κ1) is 21.1. The summed E-state index contributed by atoms with van der Waals surface area (Å²) < 4.78 is 5.28.